The van der Waals surface area contributed by atoms with Crippen LogP contribution < -0.4 is 0 Å². The van der Waals surface area contributed by atoms with Gasteiger partial charge in [-0.1, -0.05) is 36.4 Å². The molecule has 2 aromatic rings. The van der Waals surface area contributed by atoms with Crippen LogP contribution in [0.15, 0.2) is 42.5 Å². The molecule has 2 aromatic carbocycles. The third-order valence-corrected chi connectivity index (χ3v) is 2.43. The molecule has 0 N–H and O–H groups in total. The minimum absolute atomic E-state index is 0.101. The van der Waals surface area contributed by atoms with Crippen molar-refractivity contribution in [2.45, 2.75) is 0 Å². The molecule has 0 aliphatic heterocycles. The molecule has 0 aliphatic carbocycles. The normalized spacial score (nSPS) is 9.35. The van der Waals surface area contributed by atoms with Crippen molar-refractivity contribution in [2.24, 2.45) is 0 Å². The van der Waals surface area contributed by atoms with Crippen molar-refractivity contribution in [1.29, 1.82) is 5.26 Å². The zero-order chi connectivity index (χ0) is 12.3. The Bertz CT molecular complexity index is 634. The molecule has 0 saturated carbocycles. The number of rotatable bonds is 1. The van der Waals surface area contributed by atoms with Gasteiger partial charge in [-0.3, -0.25) is 0 Å². The molecule has 3 heteroatoms. The van der Waals surface area contributed by atoms with Crippen LogP contribution in [-0.4, -0.2) is 0 Å². The monoisotopic (exact) mass is 222 g/mol. The van der Waals surface area contributed by atoms with E-state index in [-0.39, 0.29) is 11.3 Å². The molecular weight excluding hydrogens is 215 g/mol. The van der Waals surface area contributed by atoms with Crippen LogP contribution in [0.2, 0.25) is 0 Å². The van der Waals surface area contributed by atoms with Crippen LogP contribution in [0.4, 0.5) is 10.1 Å². The maximum Gasteiger partial charge on any atom is 0.231 e. The van der Waals surface area contributed by atoms with E-state index in [9.17, 15) is 4.39 Å². The quantitative estimate of drug-likeness (QED) is 0.672. The summed E-state index contributed by atoms with van der Waals surface area (Å²) >= 11 is 0. The largest absolute Gasteiger partial charge is 0.234 e. The molecule has 17 heavy (non-hydrogen) atoms. The summed E-state index contributed by atoms with van der Waals surface area (Å²) in [5.74, 6) is -0.746. The first-order valence-corrected chi connectivity index (χ1v) is 4.93. The number of hydrogen-bond acceptors (Lipinski definition) is 1. The molecule has 0 aromatic heterocycles. The Kier molecular flexibility index (Phi) is 2.85. The van der Waals surface area contributed by atoms with Gasteiger partial charge in [-0.2, -0.15) is 5.26 Å². The standard InChI is InChI=1S/C14H7FN2/c1-17-14-12(10-5-3-2-4-6-10)8-7-11(9-16)13(14)15/h2-8H. The lowest BCUT2D eigenvalue weighted by Gasteiger charge is -2.05. The van der Waals surface area contributed by atoms with E-state index in [2.05, 4.69) is 4.85 Å². The van der Waals surface area contributed by atoms with Crippen molar-refractivity contribution < 1.29 is 4.39 Å². The molecular formula is C14H7FN2. The number of nitriles is 1. The van der Waals surface area contributed by atoms with E-state index in [0.29, 0.717) is 5.56 Å². The third-order valence-electron chi connectivity index (χ3n) is 2.43. The SMILES string of the molecule is [C-]#[N+]c1c(-c2ccccc2)ccc(C#N)c1F. The molecule has 0 aliphatic rings. The fourth-order valence-electron chi connectivity index (χ4n) is 1.61. The maximum atomic E-state index is 13.8. The van der Waals surface area contributed by atoms with E-state index < -0.39 is 5.82 Å². The van der Waals surface area contributed by atoms with E-state index in [4.69, 9.17) is 11.8 Å². The van der Waals surface area contributed by atoms with Crippen LogP contribution in [0.5, 0.6) is 0 Å². The molecule has 0 atom stereocenters. The van der Waals surface area contributed by atoms with Crippen molar-refractivity contribution in [3.8, 4) is 17.2 Å². The van der Waals surface area contributed by atoms with Crippen molar-refractivity contribution in [1.82, 2.24) is 0 Å². The molecule has 0 saturated heterocycles. The fraction of sp³-hybridized carbons (Fsp3) is 0. The molecule has 2 rings (SSSR count). The van der Waals surface area contributed by atoms with Gasteiger partial charge in [-0.05, 0) is 17.2 Å². The van der Waals surface area contributed by atoms with Crippen LogP contribution in [0, 0.1) is 23.7 Å². The molecule has 0 fully saturated rings. The first-order chi connectivity index (χ1) is 8.27. The molecule has 2 nitrogen and oxygen atoms in total. The van der Waals surface area contributed by atoms with Crippen molar-refractivity contribution in [3.63, 3.8) is 0 Å². The second kappa shape index (κ2) is 4.47. The van der Waals surface area contributed by atoms with E-state index in [1.807, 2.05) is 18.2 Å². The van der Waals surface area contributed by atoms with Gasteiger partial charge in [0.1, 0.15) is 11.9 Å². The Hall–Kier alpha value is -2.65. The van der Waals surface area contributed by atoms with Gasteiger partial charge < -0.3 is 0 Å². The molecule has 0 radical (unpaired) electrons. The van der Waals surface area contributed by atoms with E-state index in [1.54, 1.807) is 24.3 Å². The first-order valence-electron chi connectivity index (χ1n) is 4.93. The predicted octanol–water partition coefficient (Wildman–Crippen LogP) is 3.92. The van der Waals surface area contributed by atoms with Crippen LogP contribution in [0.1, 0.15) is 5.56 Å². The highest BCUT2D eigenvalue weighted by Crippen LogP contribution is 2.34. The van der Waals surface area contributed by atoms with Crippen molar-refractivity contribution in [2.75, 3.05) is 0 Å². The highest BCUT2D eigenvalue weighted by molar-refractivity contribution is 5.80. The van der Waals surface area contributed by atoms with E-state index in [1.165, 1.54) is 6.07 Å². The lowest BCUT2D eigenvalue weighted by molar-refractivity contribution is 0.630. The predicted molar refractivity (Wildman–Crippen MR) is 62.8 cm³/mol. The smallest absolute Gasteiger partial charge is 0.231 e. The Morgan fingerprint density at radius 1 is 1.12 bits per heavy atom. The van der Waals surface area contributed by atoms with Gasteiger partial charge in [0.15, 0.2) is 0 Å². The molecule has 0 heterocycles. The molecule has 0 amide bonds. The fourth-order valence-corrected chi connectivity index (χ4v) is 1.61. The maximum absolute atomic E-state index is 13.8. The van der Waals surface area contributed by atoms with E-state index in [0.717, 1.165) is 5.56 Å². The van der Waals surface area contributed by atoms with E-state index >= 15 is 0 Å². The Morgan fingerprint density at radius 2 is 1.82 bits per heavy atom. The molecule has 0 unspecified atom stereocenters. The number of benzene rings is 2. The summed E-state index contributed by atoms with van der Waals surface area (Å²) in [5.41, 5.74) is 1.07. The summed E-state index contributed by atoms with van der Waals surface area (Å²) in [6.45, 7) is 7.02. The average molecular weight is 222 g/mol. The summed E-state index contributed by atoms with van der Waals surface area (Å²) in [5, 5.41) is 8.71. The van der Waals surface area contributed by atoms with Crippen LogP contribution in [-0.2, 0) is 0 Å². The summed E-state index contributed by atoms with van der Waals surface area (Å²) in [4.78, 5) is 3.18. The molecule has 80 valence electrons. The van der Waals surface area contributed by atoms with Crippen LogP contribution >= 0.6 is 0 Å². The van der Waals surface area contributed by atoms with Crippen molar-refractivity contribution in [3.05, 3.63) is 65.3 Å². The number of hydrogen-bond donors (Lipinski definition) is 0. The van der Waals surface area contributed by atoms with Gasteiger partial charge in [0.2, 0.25) is 5.69 Å². The zero-order valence-corrected chi connectivity index (χ0v) is 8.81. The summed E-state index contributed by atoms with van der Waals surface area (Å²) in [6.07, 6.45) is 0. The summed E-state index contributed by atoms with van der Waals surface area (Å²) < 4.78 is 13.8. The highest BCUT2D eigenvalue weighted by atomic mass is 19.1. The Labute approximate surface area is 98.4 Å². The van der Waals surface area contributed by atoms with Crippen LogP contribution in [0.25, 0.3) is 16.0 Å². The van der Waals surface area contributed by atoms with Gasteiger partial charge in [-0.25, -0.2) is 9.24 Å². The van der Waals surface area contributed by atoms with Gasteiger partial charge in [-0.15, -0.1) is 0 Å². The highest BCUT2D eigenvalue weighted by Gasteiger charge is 2.14. The Balaban J connectivity index is 2.70. The van der Waals surface area contributed by atoms with Crippen molar-refractivity contribution >= 4 is 5.69 Å². The van der Waals surface area contributed by atoms with Gasteiger partial charge in [0.25, 0.3) is 0 Å². The Morgan fingerprint density at radius 3 is 2.41 bits per heavy atom. The second-order valence-electron chi connectivity index (χ2n) is 3.41. The topological polar surface area (TPSA) is 28.1 Å². The molecule has 0 spiro atoms. The number of nitrogens with zero attached hydrogens (tertiary/aromatic N) is 2. The summed E-state index contributed by atoms with van der Waals surface area (Å²) in [6, 6.07) is 13.8. The second-order valence-corrected chi connectivity index (χ2v) is 3.41. The lowest BCUT2D eigenvalue weighted by atomic mass is 10.0. The lowest BCUT2D eigenvalue weighted by Crippen LogP contribution is -1.87. The van der Waals surface area contributed by atoms with Crippen LogP contribution in [0.3, 0.4) is 0 Å². The number of halogens is 1. The minimum atomic E-state index is -0.746. The average Bonchev–Trinajstić information content (AvgIpc) is 2.39. The van der Waals surface area contributed by atoms with Gasteiger partial charge in [0, 0.05) is 0 Å². The summed E-state index contributed by atoms with van der Waals surface area (Å²) in [7, 11) is 0. The minimum Gasteiger partial charge on any atom is -0.234 e. The molecule has 0 bridgehead atoms. The first kappa shape index (κ1) is 10.9. The van der Waals surface area contributed by atoms with Gasteiger partial charge in [0.05, 0.1) is 12.1 Å². The third kappa shape index (κ3) is 1.87. The van der Waals surface area contributed by atoms with Gasteiger partial charge >= 0.3 is 0 Å². The zero-order valence-electron chi connectivity index (χ0n) is 8.81.